The number of esters is 1. The highest BCUT2D eigenvalue weighted by Crippen LogP contribution is 2.25. The quantitative estimate of drug-likeness (QED) is 0.314. The third-order valence-electron chi connectivity index (χ3n) is 3.14. The van der Waals surface area contributed by atoms with Crippen molar-refractivity contribution >= 4 is 21.8 Å². The van der Waals surface area contributed by atoms with E-state index in [0.717, 1.165) is 30.3 Å². The summed E-state index contributed by atoms with van der Waals surface area (Å²) in [4.78, 5) is 20.9. The summed E-state index contributed by atoms with van der Waals surface area (Å²) in [6.07, 6.45) is -5.31. The number of nitrogens with zero attached hydrogens (tertiary/aromatic N) is 1. The predicted octanol–water partition coefficient (Wildman–Crippen LogP) is 3.18. The Morgan fingerprint density at radius 3 is 2.30 bits per heavy atom. The highest BCUT2D eigenvalue weighted by molar-refractivity contribution is 7.86. The van der Waals surface area contributed by atoms with Crippen LogP contribution in [0.25, 0.3) is 0 Å². The molecule has 0 amide bonds. The zero-order valence-electron chi connectivity index (χ0n) is 13.2. The van der Waals surface area contributed by atoms with Crippen LogP contribution in [0.2, 0.25) is 0 Å². The first-order chi connectivity index (χ1) is 12.5. The number of hydrogen-bond donors (Lipinski definition) is 0. The normalized spacial score (nSPS) is 11.8. The maximum Gasteiger partial charge on any atom is 0.575 e. The van der Waals surface area contributed by atoms with Crippen molar-refractivity contribution < 1.29 is 40.2 Å². The van der Waals surface area contributed by atoms with Gasteiger partial charge >= 0.3 is 12.3 Å². The number of halogens is 3. The number of benzene rings is 2. The van der Waals surface area contributed by atoms with E-state index in [-0.39, 0.29) is 5.56 Å². The summed E-state index contributed by atoms with van der Waals surface area (Å²) >= 11 is 0. The van der Waals surface area contributed by atoms with E-state index in [2.05, 4.69) is 4.74 Å². The largest absolute Gasteiger partial charge is 0.575 e. The van der Waals surface area contributed by atoms with Gasteiger partial charge in [-0.2, -0.15) is 8.42 Å². The molecule has 0 fully saturated rings. The fraction of sp³-hybridized carbons (Fsp3) is 0.133. The molecular formula is C15H10F3NO7S. The minimum Gasteiger partial charge on any atom is -0.369 e. The van der Waals surface area contributed by atoms with E-state index in [1.54, 1.807) is 0 Å². The number of ether oxygens (including phenoxy) is 1. The number of carbonyl (C=O) groups excluding carboxylic acids is 1. The van der Waals surface area contributed by atoms with Crippen LogP contribution in [0.3, 0.4) is 0 Å². The van der Waals surface area contributed by atoms with E-state index in [1.165, 1.54) is 18.2 Å². The molecule has 0 radical (unpaired) electrons. The van der Waals surface area contributed by atoms with Crippen LogP contribution in [0.4, 0.5) is 18.9 Å². The molecule has 27 heavy (non-hydrogen) atoms. The molecule has 8 nitrogen and oxygen atoms in total. The summed E-state index contributed by atoms with van der Waals surface area (Å²) in [5, 5.41) is 10.9. The molecule has 0 unspecified atom stereocenters. The van der Waals surface area contributed by atoms with Crippen LogP contribution >= 0.6 is 0 Å². The van der Waals surface area contributed by atoms with E-state index in [9.17, 15) is 36.5 Å². The van der Waals surface area contributed by atoms with Gasteiger partial charge in [0.25, 0.3) is 15.8 Å². The first-order valence-corrected chi connectivity index (χ1v) is 8.43. The van der Waals surface area contributed by atoms with Gasteiger partial charge in [0.05, 0.1) is 22.7 Å². The number of carbonyl (C=O) groups is 1. The molecule has 0 aromatic heterocycles. The first kappa shape index (κ1) is 20.3. The number of nitro groups is 1. The summed E-state index contributed by atoms with van der Waals surface area (Å²) in [5.41, 5.74) is -1.38. The molecule has 0 spiro atoms. The second-order valence-electron chi connectivity index (χ2n) is 4.93. The standard InChI is InChI=1S/C15H10F3NO7S/c16-15(17,18)26-14(20)11-6-2-4-8-13(11)27(23,24)25-9-10-5-1-3-7-12(10)19(21)22/h1-8H,9H2. The second-order valence-corrected chi connectivity index (χ2v) is 6.52. The summed E-state index contributed by atoms with van der Waals surface area (Å²) in [5.74, 6) is -1.93. The van der Waals surface area contributed by atoms with Crippen LogP contribution in [-0.2, 0) is 25.6 Å². The molecule has 2 aromatic carbocycles. The van der Waals surface area contributed by atoms with Crippen molar-refractivity contribution in [2.75, 3.05) is 0 Å². The number of para-hydroxylation sites is 1. The minimum absolute atomic E-state index is 0.0820. The molecule has 0 aliphatic rings. The van der Waals surface area contributed by atoms with Crippen LogP contribution < -0.4 is 0 Å². The molecule has 2 rings (SSSR count). The molecular weight excluding hydrogens is 395 g/mol. The number of nitro benzene ring substituents is 1. The zero-order chi connectivity index (χ0) is 20.2. The van der Waals surface area contributed by atoms with Gasteiger partial charge < -0.3 is 4.74 Å². The Morgan fingerprint density at radius 2 is 1.67 bits per heavy atom. The maximum atomic E-state index is 12.3. The van der Waals surface area contributed by atoms with Gasteiger partial charge in [0.2, 0.25) is 0 Å². The first-order valence-electron chi connectivity index (χ1n) is 7.02. The fourth-order valence-electron chi connectivity index (χ4n) is 2.03. The highest BCUT2D eigenvalue weighted by Gasteiger charge is 2.36. The van der Waals surface area contributed by atoms with Crippen molar-refractivity contribution in [2.45, 2.75) is 17.9 Å². The number of alkyl halides is 3. The summed E-state index contributed by atoms with van der Waals surface area (Å²) in [7, 11) is -4.72. The molecule has 0 bridgehead atoms. The summed E-state index contributed by atoms with van der Waals surface area (Å²) < 4.78 is 69.2. The Hall–Kier alpha value is -2.99. The summed E-state index contributed by atoms with van der Waals surface area (Å²) in [6.45, 7) is -0.762. The van der Waals surface area contributed by atoms with Crippen LogP contribution in [0, 0.1) is 10.1 Å². The van der Waals surface area contributed by atoms with Gasteiger partial charge in [-0.25, -0.2) is 4.79 Å². The van der Waals surface area contributed by atoms with Crippen LogP contribution in [0.5, 0.6) is 0 Å². The predicted molar refractivity (Wildman–Crippen MR) is 83.0 cm³/mol. The molecule has 0 N–H and O–H groups in total. The van der Waals surface area contributed by atoms with Crippen molar-refractivity contribution in [1.82, 2.24) is 0 Å². The van der Waals surface area contributed by atoms with Crippen molar-refractivity contribution in [1.29, 1.82) is 0 Å². The Bertz CT molecular complexity index is 973. The van der Waals surface area contributed by atoms with E-state index in [4.69, 9.17) is 4.18 Å². The van der Waals surface area contributed by atoms with E-state index in [1.807, 2.05) is 0 Å². The molecule has 12 heteroatoms. The molecule has 2 aromatic rings. The lowest BCUT2D eigenvalue weighted by Gasteiger charge is -2.11. The monoisotopic (exact) mass is 405 g/mol. The molecule has 0 heterocycles. The maximum absolute atomic E-state index is 12.3. The van der Waals surface area contributed by atoms with Crippen molar-refractivity contribution in [3.63, 3.8) is 0 Å². The topological polar surface area (TPSA) is 113 Å². The van der Waals surface area contributed by atoms with Crippen LogP contribution in [-0.4, -0.2) is 25.7 Å². The smallest absolute Gasteiger partial charge is 0.369 e. The van der Waals surface area contributed by atoms with E-state index in [0.29, 0.717) is 0 Å². The van der Waals surface area contributed by atoms with E-state index < -0.39 is 50.1 Å². The zero-order valence-corrected chi connectivity index (χ0v) is 14.0. The van der Waals surface area contributed by atoms with Gasteiger partial charge in [-0.15, -0.1) is 13.2 Å². The Morgan fingerprint density at radius 1 is 1.07 bits per heavy atom. The number of hydrogen-bond acceptors (Lipinski definition) is 7. The van der Waals surface area contributed by atoms with Crippen molar-refractivity contribution in [3.8, 4) is 0 Å². The van der Waals surface area contributed by atoms with Gasteiger partial charge in [-0.1, -0.05) is 24.3 Å². The fourth-order valence-corrected chi connectivity index (χ4v) is 3.10. The molecule has 0 aliphatic heterocycles. The van der Waals surface area contributed by atoms with Gasteiger partial charge in [0.1, 0.15) is 4.90 Å². The van der Waals surface area contributed by atoms with Crippen LogP contribution in [0.15, 0.2) is 53.4 Å². The lowest BCUT2D eigenvalue weighted by molar-refractivity contribution is -0.385. The Labute approximate surface area is 150 Å². The van der Waals surface area contributed by atoms with E-state index >= 15 is 0 Å². The average Bonchev–Trinajstić information content (AvgIpc) is 2.59. The second kappa shape index (κ2) is 7.72. The van der Waals surface area contributed by atoms with Gasteiger partial charge in [-0.3, -0.25) is 14.3 Å². The number of rotatable bonds is 6. The minimum atomic E-state index is -5.31. The lowest BCUT2D eigenvalue weighted by Crippen LogP contribution is -2.21. The van der Waals surface area contributed by atoms with Crippen molar-refractivity contribution in [2.24, 2.45) is 0 Å². The molecule has 0 saturated carbocycles. The Balaban J connectivity index is 2.31. The molecule has 0 atom stereocenters. The van der Waals surface area contributed by atoms with Crippen LogP contribution in [0.1, 0.15) is 15.9 Å². The summed E-state index contributed by atoms with van der Waals surface area (Å²) in [6, 6.07) is 9.10. The lowest BCUT2D eigenvalue weighted by atomic mass is 10.2. The van der Waals surface area contributed by atoms with Gasteiger partial charge in [0, 0.05) is 6.07 Å². The third-order valence-corrected chi connectivity index (χ3v) is 4.47. The molecule has 144 valence electrons. The SMILES string of the molecule is O=C(OC(F)(F)F)c1ccccc1S(=O)(=O)OCc1ccccc1[N+](=O)[O-]. The van der Waals surface area contributed by atoms with Gasteiger partial charge in [0.15, 0.2) is 0 Å². The Kier molecular flexibility index (Phi) is 5.81. The third kappa shape index (κ3) is 5.24. The highest BCUT2D eigenvalue weighted by atomic mass is 32.2. The molecule has 0 aliphatic carbocycles. The average molecular weight is 405 g/mol. The van der Waals surface area contributed by atoms with Crippen molar-refractivity contribution in [3.05, 3.63) is 69.8 Å². The van der Waals surface area contributed by atoms with Gasteiger partial charge in [-0.05, 0) is 18.2 Å². The molecule has 0 saturated heterocycles.